The second kappa shape index (κ2) is 7.14. The maximum absolute atomic E-state index is 5.17. The fraction of sp³-hybridized carbons (Fsp3) is 0.263. The summed E-state index contributed by atoms with van der Waals surface area (Å²) in [7, 11) is 1.69. The van der Waals surface area contributed by atoms with Gasteiger partial charge in [0.2, 0.25) is 0 Å². The van der Waals surface area contributed by atoms with Crippen LogP contribution in [0.5, 0.6) is 5.75 Å². The highest BCUT2D eigenvalue weighted by Crippen LogP contribution is 2.18. The van der Waals surface area contributed by atoms with Crippen molar-refractivity contribution in [3.8, 4) is 5.75 Å². The molecule has 114 valence electrons. The van der Waals surface area contributed by atoms with Crippen molar-refractivity contribution >= 4 is 10.9 Å². The maximum atomic E-state index is 5.17. The van der Waals surface area contributed by atoms with Gasteiger partial charge in [0, 0.05) is 23.6 Å². The summed E-state index contributed by atoms with van der Waals surface area (Å²) in [4.78, 5) is 3.33. The van der Waals surface area contributed by atoms with E-state index in [4.69, 9.17) is 4.74 Å². The molecule has 3 aromatic rings. The van der Waals surface area contributed by atoms with Gasteiger partial charge in [-0.2, -0.15) is 0 Å². The smallest absolute Gasteiger partial charge is 0.118 e. The van der Waals surface area contributed by atoms with Crippen LogP contribution in [-0.4, -0.2) is 18.6 Å². The van der Waals surface area contributed by atoms with Gasteiger partial charge in [-0.25, -0.2) is 0 Å². The Hall–Kier alpha value is -2.26. The van der Waals surface area contributed by atoms with Gasteiger partial charge in [-0.3, -0.25) is 0 Å². The second-order valence-corrected chi connectivity index (χ2v) is 5.49. The molecule has 0 bridgehead atoms. The molecule has 3 nitrogen and oxygen atoms in total. The van der Waals surface area contributed by atoms with Gasteiger partial charge in [-0.15, -0.1) is 0 Å². The highest BCUT2D eigenvalue weighted by Gasteiger charge is 2.02. The van der Waals surface area contributed by atoms with E-state index in [0.29, 0.717) is 0 Å². The van der Waals surface area contributed by atoms with E-state index in [9.17, 15) is 0 Å². The first-order chi connectivity index (χ1) is 10.9. The van der Waals surface area contributed by atoms with Crippen molar-refractivity contribution < 1.29 is 4.74 Å². The molecule has 2 N–H and O–H groups in total. The number of fused-ring (bicyclic) bond motifs is 1. The Morgan fingerprint density at radius 1 is 1.05 bits per heavy atom. The SMILES string of the molecule is COc1ccc(CNCCCc2c[nH]c3ccccc23)cc1. The molecule has 22 heavy (non-hydrogen) atoms. The summed E-state index contributed by atoms with van der Waals surface area (Å²) in [5.41, 5.74) is 3.92. The third-order valence-corrected chi connectivity index (χ3v) is 3.96. The van der Waals surface area contributed by atoms with Crippen molar-refractivity contribution in [3.05, 3.63) is 65.9 Å². The lowest BCUT2D eigenvalue weighted by molar-refractivity contribution is 0.414. The zero-order valence-corrected chi connectivity index (χ0v) is 12.9. The van der Waals surface area contributed by atoms with Crippen LogP contribution in [0.4, 0.5) is 0 Å². The molecule has 0 amide bonds. The van der Waals surface area contributed by atoms with Crippen molar-refractivity contribution in [2.24, 2.45) is 0 Å². The van der Waals surface area contributed by atoms with Gasteiger partial charge in [0.15, 0.2) is 0 Å². The first-order valence-electron chi connectivity index (χ1n) is 7.75. The zero-order chi connectivity index (χ0) is 15.2. The van der Waals surface area contributed by atoms with E-state index in [0.717, 1.165) is 31.7 Å². The van der Waals surface area contributed by atoms with Crippen LogP contribution in [0, 0.1) is 0 Å². The van der Waals surface area contributed by atoms with Gasteiger partial charge in [-0.1, -0.05) is 30.3 Å². The average Bonchev–Trinajstić information content (AvgIpc) is 2.98. The van der Waals surface area contributed by atoms with Crippen LogP contribution in [0.15, 0.2) is 54.7 Å². The maximum Gasteiger partial charge on any atom is 0.118 e. The van der Waals surface area contributed by atoms with E-state index in [1.165, 1.54) is 22.0 Å². The predicted octanol–water partition coefficient (Wildman–Crippen LogP) is 3.90. The summed E-state index contributed by atoms with van der Waals surface area (Å²) in [6.45, 7) is 1.92. The molecule has 0 aliphatic heterocycles. The number of hydrogen-bond donors (Lipinski definition) is 2. The Balaban J connectivity index is 1.43. The summed E-state index contributed by atoms with van der Waals surface area (Å²) in [6.07, 6.45) is 4.37. The quantitative estimate of drug-likeness (QED) is 0.648. The Kier molecular flexibility index (Phi) is 4.76. The van der Waals surface area contributed by atoms with E-state index >= 15 is 0 Å². The fourth-order valence-corrected chi connectivity index (χ4v) is 2.72. The van der Waals surface area contributed by atoms with Gasteiger partial charge < -0.3 is 15.0 Å². The Labute approximate surface area is 131 Å². The van der Waals surface area contributed by atoms with Crippen LogP contribution in [0.3, 0.4) is 0 Å². The second-order valence-electron chi connectivity index (χ2n) is 5.49. The molecular weight excluding hydrogens is 272 g/mol. The Bertz CT molecular complexity index is 716. The van der Waals surface area contributed by atoms with Gasteiger partial charge >= 0.3 is 0 Å². The van der Waals surface area contributed by atoms with Crippen molar-refractivity contribution in [2.75, 3.05) is 13.7 Å². The van der Waals surface area contributed by atoms with Crippen molar-refractivity contribution in [1.82, 2.24) is 10.3 Å². The molecule has 0 saturated carbocycles. The Morgan fingerprint density at radius 3 is 2.68 bits per heavy atom. The monoisotopic (exact) mass is 294 g/mol. The highest BCUT2D eigenvalue weighted by molar-refractivity contribution is 5.82. The first kappa shape index (κ1) is 14.7. The number of aromatic amines is 1. The van der Waals surface area contributed by atoms with Crippen LogP contribution < -0.4 is 10.1 Å². The number of methoxy groups -OCH3 is 1. The van der Waals surface area contributed by atoms with Crippen LogP contribution in [-0.2, 0) is 13.0 Å². The molecule has 1 heterocycles. The van der Waals surface area contributed by atoms with Gasteiger partial charge in [0.05, 0.1) is 7.11 Å². The van der Waals surface area contributed by atoms with Crippen molar-refractivity contribution in [1.29, 1.82) is 0 Å². The topological polar surface area (TPSA) is 37.0 Å². The van der Waals surface area contributed by atoms with Gasteiger partial charge in [0.25, 0.3) is 0 Å². The number of rotatable bonds is 7. The van der Waals surface area contributed by atoms with Crippen LogP contribution >= 0.6 is 0 Å². The summed E-state index contributed by atoms with van der Waals surface area (Å²) < 4.78 is 5.17. The molecule has 0 fully saturated rings. The largest absolute Gasteiger partial charge is 0.497 e. The standard InChI is InChI=1S/C19H22N2O/c1-22-17-10-8-15(9-11-17)13-20-12-4-5-16-14-21-19-7-3-2-6-18(16)19/h2-3,6-11,14,20-21H,4-5,12-13H2,1H3. The summed E-state index contributed by atoms with van der Waals surface area (Å²) in [5, 5.41) is 4.84. The molecule has 3 rings (SSSR count). The fourth-order valence-electron chi connectivity index (χ4n) is 2.72. The number of para-hydroxylation sites is 1. The lowest BCUT2D eigenvalue weighted by Crippen LogP contribution is -2.15. The number of nitrogens with one attached hydrogen (secondary N) is 2. The number of ether oxygens (including phenoxy) is 1. The van der Waals surface area contributed by atoms with Gasteiger partial charge in [0.1, 0.15) is 5.75 Å². The van der Waals surface area contributed by atoms with Gasteiger partial charge in [-0.05, 0) is 48.7 Å². The molecule has 0 atom stereocenters. The van der Waals surface area contributed by atoms with Crippen molar-refractivity contribution in [2.45, 2.75) is 19.4 Å². The lowest BCUT2D eigenvalue weighted by atomic mass is 10.1. The first-order valence-corrected chi connectivity index (χ1v) is 7.75. The van der Waals surface area contributed by atoms with Crippen LogP contribution in [0.2, 0.25) is 0 Å². The molecule has 1 aromatic heterocycles. The lowest BCUT2D eigenvalue weighted by Gasteiger charge is -2.06. The molecule has 3 heteroatoms. The summed E-state index contributed by atoms with van der Waals surface area (Å²) in [5.74, 6) is 0.906. The minimum absolute atomic E-state index is 0.901. The molecule has 0 saturated heterocycles. The third kappa shape index (κ3) is 3.49. The average molecular weight is 294 g/mol. The summed E-state index contributed by atoms with van der Waals surface area (Å²) in [6, 6.07) is 16.7. The van der Waals surface area contributed by atoms with E-state index in [-0.39, 0.29) is 0 Å². The Morgan fingerprint density at radius 2 is 1.86 bits per heavy atom. The number of hydrogen-bond acceptors (Lipinski definition) is 2. The van der Waals surface area contributed by atoms with Crippen LogP contribution in [0.1, 0.15) is 17.5 Å². The van der Waals surface area contributed by atoms with Crippen molar-refractivity contribution in [3.63, 3.8) is 0 Å². The van der Waals surface area contributed by atoms with Crippen LogP contribution in [0.25, 0.3) is 10.9 Å². The number of aromatic nitrogens is 1. The molecule has 0 aliphatic carbocycles. The minimum Gasteiger partial charge on any atom is -0.497 e. The van der Waals surface area contributed by atoms with E-state index in [1.807, 2.05) is 12.1 Å². The minimum atomic E-state index is 0.901. The molecule has 2 aromatic carbocycles. The molecule has 0 spiro atoms. The number of benzene rings is 2. The molecule has 0 unspecified atom stereocenters. The zero-order valence-electron chi connectivity index (χ0n) is 12.9. The van der Waals surface area contributed by atoms with E-state index in [2.05, 4.69) is 52.9 Å². The third-order valence-electron chi connectivity index (χ3n) is 3.96. The number of H-pyrrole nitrogens is 1. The normalized spacial score (nSPS) is 11.0. The van der Waals surface area contributed by atoms with E-state index < -0.39 is 0 Å². The number of aryl methyl sites for hydroxylation is 1. The molecule has 0 radical (unpaired) electrons. The van der Waals surface area contributed by atoms with E-state index in [1.54, 1.807) is 7.11 Å². The predicted molar refractivity (Wildman–Crippen MR) is 91.3 cm³/mol. The summed E-state index contributed by atoms with van der Waals surface area (Å²) >= 11 is 0. The molecule has 0 aliphatic rings. The molecular formula is C19H22N2O. The highest BCUT2D eigenvalue weighted by atomic mass is 16.5.